The Bertz CT molecular complexity index is 1070. The summed E-state index contributed by atoms with van der Waals surface area (Å²) < 4.78 is 2.11. The minimum atomic E-state index is -0.0884. The standard InChI is InChI=1S/C21H19N5O/c1-15(27)24-17-7-9-18(10-8-17)25-21-11-20-19(12-22-21)23-14-26(20)13-16-5-3-2-4-6-16/h2-12,14H,13H2,1H3,(H,22,25)(H,24,27). The summed E-state index contributed by atoms with van der Waals surface area (Å²) in [4.78, 5) is 20.0. The van der Waals surface area contributed by atoms with Gasteiger partial charge >= 0.3 is 0 Å². The first kappa shape index (κ1) is 16.8. The molecule has 0 unspecified atom stereocenters. The zero-order chi connectivity index (χ0) is 18.6. The first-order valence-corrected chi connectivity index (χ1v) is 8.67. The van der Waals surface area contributed by atoms with E-state index in [2.05, 4.69) is 37.3 Å². The Labute approximate surface area is 156 Å². The largest absolute Gasteiger partial charge is 0.340 e. The highest BCUT2D eigenvalue weighted by atomic mass is 16.1. The lowest BCUT2D eigenvalue weighted by molar-refractivity contribution is -0.114. The van der Waals surface area contributed by atoms with Crippen LogP contribution in [0.15, 0.2) is 73.2 Å². The van der Waals surface area contributed by atoms with Gasteiger partial charge in [0.05, 0.1) is 18.0 Å². The molecule has 0 saturated heterocycles. The third-order valence-corrected chi connectivity index (χ3v) is 4.18. The SMILES string of the molecule is CC(=O)Nc1ccc(Nc2cc3c(cn2)ncn3Cc2ccccc2)cc1. The molecule has 0 radical (unpaired) electrons. The third kappa shape index (κ3) is 3.95. The van der Waals surface area contributed by atoms with Gasteiger partial charge in [0.2, 0.25) is 5.91 Å². The van der Waals surface area contributed by atoms with Gasteiger partial charge in [0.25, 0.3) is 0 Å². The molecule has 0 spiro atoms. The van der Waals surface area contributed by atoms with Gasteiger partial charge in [0.15, 0.2) is 0 Å². The quantitative estimate of drug-likeness (QED) is 0.562. The minimum Gasteiger partial charge on any atom is -0.340 e. The predicted molar refractivity (Wildman–Crippen MR) is 107 cm³/mol. The number of hydrogen-bond acceptors (Lipinski definition) is 4. The monoisotopic (exact) mass is 357 g/mol. The Morgan fingerprint density at radius 2 is 1.74 bits per heavy atom. The van der Waals surface area contributed by atoms with Crippen molar-refractivity contribution in [1.82, 2.24) is 14.5 Å². The summed E-state index contributed by atoms with van der Waals surface area (Å²) in [6.07, 6.45) is 3.61. The first-order valence-electron chi connectivity index (χ1n) is 8.67. The maximum Gasteiger partial charge on any atom is 0.221 e. The van der Waals surface area contributed by atoms with Crippen LogP contribution in [0.1, 0.15) is 12.5 Å². The van der Waals surface area contributed by atoms with Crippen LogP contribution < -0.4 is 10.6 Å². The van der Waals surface area contributed by atoms with Gasteiger partial charge in [-0.1, -0.05) is 30.3 Å². The van der Waals surface area contributed by atoms with Gasteiger partial charge < -0.3 is 15.2 Å². The molecule has 6 heteroatoms. The number of aromatic nitrogens is 3. The maximum atomic E-state index is 11.1. The Hall–Kier alpha value is -3.67. The summed E-state index contributed by atoms with van der Waals surface area (Å²) in [5, 5.41) is 6.05. The molecule has 0 aliphatic rings. The van der Waals surface area contributed by atoms with Gasteiger partial charge in [0, 0.05) is 30.9 Å². The molecule has 4 aromatic rings. The Balaban J connectivity index is 1.56. The van der Waals surface area contributed by atoms with Crippen molar-refractivity contribution in [2.24, 2.45) is 0 Å². The zero-order valence-corrected chi connectivity index (χ0v) is 14.9. The van der Waals surface area contributed by atoms with Crippen molar-refractivity contribution < 1.29 is 4.79 Å². The Kier molecular flexibility index (Phi) is 4.53. The fourth-order valence-corrected chi connectivity index (χ4v) is 2.92. The summed E-state index contributed by atoms with van der Waals surface area (Å²) in [5.74, 6) is 0.652. The molecular formula is C21H19N5O. The van der Waals surface area contributed by atoms with E-state index in [9.17, 15) is 4.79 Å². The van der Waals surface area contributed by atoms with E-state index in [1.165, 1.54) is 12.5 Å². The number of carbonyl (C=O) groups is 1. The number of hydrogen-bond donors (Lipinski definition) is 2. The number of benzene rings is 2. The molecule has 0 fully saturated rings. The molecule has 0 aliphatic heterocycles. The van der Waals surface area contributed by atoms with Crippen molar-refractivity contribution in [3.05, 3.63) is 78.8 Å². The summed E-state index contributed by atoms with van der Waals surface area (Å²) >= 11 is 0. The van der Waals surface area contributed by atoms with E-state index in [4.69, 9.17) is 0 Å². The number of rotatable bonds is 5. The number of nitrogens with one attached hydrogen (secondary N) is 2. The van der Waals surface area contributed by atoms with E-state index in [0.29, 0.717) is 0 Å². The van der Waals surface area contributed by atoms with Crippen LogP contribution in [0.4, 0.5) is 17.2 Å². The summed E-state index contributed by atoms with van der Waals surface area (Å²) in [6.45, 7) is 2.25. The summed E-state index contributed by atoms with van der Waals surface area (Å²) in [5.41, 5.74) is 4.75. The maximum absolute atomic E-state index is 11.1. The average Bonchev–Trinajstić information content (AvgIpc) is 3.06. The number of pyridine rings is 1. The van der Waals surface area contributed by atoms with Crippen LogP contribution in [0.3, 0.4) is 0 Å². The lowest BCUT2D eigenvalue weighted by atomic mass is 10.2. The topological polar surface area (TPSA) is 71.8 Å². The highest BCUT2D eigenvalue weighted by Crippen LogP contribution is 2.21. The molecular weight excluding hydrogens is 338 g/mol. The van der Waals surface area contributed by atoms with Crippen LogP contribution in [-0.4, -0.2) is 20.4 Å². The Morgan fingerprint density at radius 3 is 2.48 bits per heavy atom. The number of amides is 1. The van der Waals surface area contributed by atoms with E-state index < -0.39 is 0 Å². The highest BCUT2D eigenvalue weighted by Gasteiger charge is 2.06. The van der Waals surface area contributed by atoms with Crippen molar-refractivity contribution in [2.75, 3.05) is 10.6 Å². The second-order valence-corrected chi connectivity index (χ2v) is 6.30. The molecule has 6 nitrogen and oxygen atoms in total. The van der Waals surface area contributed by atoms with E-state index >= 15 is 0 Å². The average molecular weight is 357 g/mol. The molecule has 0 saturated carbocycles. The number of fused-ring (bicyclic) bond motifs is 1. The van der Waals surface area contributed by atoms with E-state index in [1.807, 2.05) is 54.9 Å². The molecule has 2 N–H and O–H groups in total. The van der Waals surface area contributed by atoms with Crippen LogP contribution in [0.25, 0.3) is 11.0 Å². The van der Waals surface area contributed by atoms with E-state index in [1.54, 1.807) is 6.20 Å². The summed E-state index contributed by atoms with van der Waals surface area (Å²) in [7, 11) is 0. The molecule has 0 aliphatic carbocycles. The zero-order valence-electron chi connectivity index (χ0n) is 14.9. The van der Waals surface area contributed by atoms with Crippen LogP contribution >= 0.6 is 0 Å². The number of anilines is 3. The van der Waals surface area contributed by atoms with Crippen LogP contribution in [0.5, 0.6) is 0 Å². The summed E-state index contributed by atoms with van der Waals surface area (Å²) in [6, 6.07) is 19.8. The number of imidazole rings is 1. The van der Waals surface area contributed by atoms with Gasteiger partial charge in [0.1, 0.15) is 11.3 Å². The fourth-order valence-electron chi connectivity index (χ4n) is 2.92. The number of nitrogens with zero attached hydrogens (tertiary/aromatic N) is 3. The van der Waals surface area contributed by atoms with Crippen LogP contribution in [0.2, 0.25) is 0 Å². The number of carbonyl (C=O) groups excluding carboxylic acids is 1. The fraction of sp³-hybridized carbons (Fsp3) is 0.0952. The highest BCUT2D eigenvalue weighted by molar-refractivity contribution is 5.89. The molecule has 2 heterocycles. The van der Waals surface area contributed by atoms with Crippen molar-refractivity contribution in [1.29, 1.82) is 0 Å². The van der Waals surface area contributed by atoms with Crippen molar-refractivity contribution in [3.63, 3.8) is 0 Å². The smallest absolute Gasteiger partial charge is 0.221 e. The van der Waals surface area contributed by atoms with E-state index in [-0.39, 0.29) is 5.91 Å². The Morgan fingerprint density at radius 1 is 1.00 bits per heavy atom. The molecule has 4 rings (SSSR count). The molecule has 134 valence electrons. The van der Waals surface area contributed by atoms with Crippen molar-refractivity contribution in [2.45, 2.75) is 13.5 Å². The van der Waals surface area contributed by atoms with Gasteiger partial charge in [-0.15, -0.1) is 0 Å². The first-order chi connectivity index (χ1) is 13.2. The van der Waals surface area contributed by atoms with Crippen molar-refractivity contribution in [3.8, 4) is 0 Å². The molecule has 0 bridgehead atoms. The molecule has 0 atom stereocenters. The lowest BCUT2D eigenvalue weighted by Gasteiger charge is -2.09. The predicted octanol–water partition coefficient (Wildman–Crippen LogP) is 4.18. The van der Waals surface area contributed by atoms with Crippen LogP contribution in [-0.2, 0) is 11.3 Å². The molecule has 2 aromatic heterocycles. The van der Waals surface area contributed by atoms with Crippen LogP contribution in [0, 0.1) is 0 Å². The van der Waals surface area contributed by atoms with Crippen molar-refractivity contribution >= 4 is 34.1 Å². The molecule has 2 aromatic carbocycles. The second-order valence-electron chi connectivity index (χ2n) is 6.30. The minimum absolute atomic E-state index is 0.0884. The molecule has 27 heavy (non-hydrogen) atoms. The van der Waals surface area contributed by atoms with Gasteiger partial charge in [-0.25, -0.2) is 9.97 Å². The van der Waals surface area contributed by atoms with Gasteiger partial charge in [-0.05, 0) is 29.8 Å². The third-order valence-electron chi connectivity index (χ3n) is 4.18. The van der Waals surface area contributed by atoms with Gasteiger partial charge in [-0.3, -0.25) is 4.79 Å². The van der Waals surface area contributed by atoms with E-state index in [0.717, 1.165) is 34.8 Å². The normalized spacial score (nSPS) is 10.7. The molecule has 1 amide bonds. The lowest BCUT2D eigenvalue weighted by Crippen LogP contribution is -2.05. The second kappa shape index (κ2) is 7.29. The van der Waals surface area contributed by atoms with Gasteiger partial charge in [-0.2, -0.15) is 0 Å².